The topological polar surface area (TPSA) is 58.6 Å². The largest absolute Gasteiger partial charge is 0.493 e. The van der Waals surface area contributed by atoms with Crippen molar-refractivity contribution in [3.8, 4) is 5.75 Å². The van der Waals surface area contributed by atoms with Gasteiger partial charge in [-0.15, -0.1) is 12.4 Å². The van der Waals surface area contributed by atoms with Crippen molar-refractivity contribution >= 4 is 22.4 Å². The molecule has 0 bridgehead atoms. The molecule has 2 saturated heterocycles. The Labute approximate surface area is 131 Å². The molecular weight excluding hydrogens is 312 g/mol. The van der Waals surface area contributed by atoms with E-state index < -0.39 is 10.0 Å². The van der Waals surface area contributed by atoms with Gasteiger partial charge in [0.1, 0.15) is 5.75 Å². The first-order valence-electron chi connectivity index (χ1n) is 7.11. The first-order valence-corrected chi connectivity index (χ1v) is 8.55. The third-order valence-electron chi connectivity index (χ3n) is 4.65. The van der Waals surface area contributed by atoms with Crippen molar-refractivity contribution in [3.63, 3.8) is 0 Å². The summed E-state index contributed by atoms with van der Waals surface area (Å²) in [4.78, 5) is 0.412. The van der Waals surface area contributed by atoms with Gasteiger partial charge in [-0.05, 0) is 48.7 Å². The first kappa shape index (κ1) is 15.1. The maximum Gasteiger partial charge on any atom is 0.243 e. The number of nitrogens with one attached hydrogen (secondary N) is 1. The summed E-state index contributed by atoms with van der Waals surface area (Å²) in [6.45, 7) is 3.82. The lowest BCUT2D eigenvalue weighted by Gasteiger charge is -2.17. The summed E-state index contributed by atoms with van der Waals surface area (Å²) in [5.41, 5.74) is 1.01. The van der Waals surface area contributed by atoms with E-state index in [1.54, 1.807) is 22.5 Å². The Balaban J connectivity index is 0.00000132. The molecule has 3 aliphatic rings. The van der Waals surface area contributed by atoms with Gasteiger partial charge in [0.2, 0.25) is 10.0 Å². The molecule has 4 rings (SSSR count). The van der Waals surface area contributed by atoms with E-state index in [1.807, 2.05) is 0 Å². The predicted molar refractivity (Wildman–Crippen MR) is 81.5 cm³/mol. The molecular formula is C14H19ClN2O3S. The molecule has 21 heavy (non-hydrogen) atoms. The van der Waals surface area contributed by atoms with Gasteiger partial charge in [-0.3, -0.25) is 0 Å². The molecule has 0 aromatic heterocycles. The van der Waals surface area contributed by atoms with Crippen molar-refractivity contribution in [1.29, 1.82) is 0 Å². The molecule has 0 amide bonds. The van der Waals surface area contributed by atoms with E-state index in [2.05, 4.69) is 5.32 Å². The zero-order chi connectivity index (χ0) is 13.7. The minimum Gasteiger partial charge on any atom is -0.493 e. The van der Waals surface area contributed by atoms with Gasteiger partial charge in [-0.25, -0.2) is 8.42 Å². The smallest absolute Gasteiger partial charge is 0.243 e. The van der Waals surface area contributed by atoms with E-state index in [-0.39, 0.29) is 12.4 Å². The quantitative estimate of drug-likeness (QED) is 0.874. The molecule has 3 aliphatic heterocycles. The fourth-order valence-corrected chi connectivity index (χ4v) is 5.09. The van der Waals surface area contributed by atoms with Crippen LogP contribution in [0.15, 0.2) is 23.1 Å². The van der Waals surface area contributed by atoms with Crippen LogP contribution in [0.4, 0.5) is 0 Å². The minimum atomic E-state index is -3.35. The summed E-state index contributed by atoms with van der Waals surface area (Å²) >= 11 is 0. The fourth-order valence-electron chi connectivity index (χ4n) is 3.48. The number of benzene rings is 1. The zero-order valence-corrected chi connectivity index (χ0v) is 13.3. The fraction of sp³-hybridized carbons (Fsp3) is 0.571. The Hall–Kier alpha value is -0.820. The summed E-state index contributed by atoms with van der Waals surface area (Å²) < 4.78 is 32.5. The molecule has 2 fully saturated rings. The lowest BCUT2D eigenvalue weighted by atomic mass is 10.0. The monoisotopic (exact) mass is 330 g/mol. The van der Waals surface area contributed by atoms with Gasteiger partial charge in [-0.2, -0.15) is 4.31 Å². The molecule has 1 N–H and O–H groups in total. The van der Waals surface area contributed by atoms with Gasteiger partial charge >= 0.3 is 0 Å². The summed E-state index contributed by atoms with van der Waals surface area (Å²) in [5, 5.41) is 3.33. The van der Waals surface area contributed by atoms with E-state index in [9.17, 15) is 8.42 Å². The van der Waals surface area contributed by atoms with Crippen LogP contribution in [0.2, 0.25) is 0 Å². The van der Waals surface area contributed by atoms with E-state index >= 15 is 0 Å². The second-order valence-electron chi connectivity index (χ2n) is 5.87. The molecule has 1 aromatic carbocycles. The Bertz CT molecular complexity index is 638. The number of nitrogens with zero attached hydrogens (tertiary/aromatic N) is 1. The number of rotatable bonds is 2. The van der Waals surface area contributed by atoms with Crippen LogP contribution < -0.4 is 10.1 Å². The number of hydrogen-bond acceptors (Lipinski definition) is 4. The summed E-state index contributed by atoms with van der Waals surface area (Å²) in [6.07, 6.45) is 0.799. The Kier molecular flexibility index (Phi) is 3.90. The third-order valence-corrected chi connectivity index (χ3v) is 6.48. The molecule has 0 spiro atoms. The molecule has 1 aromatic rings. The van der Waals surface area contributed by atoms with Crippen molar-refractivity contribution < 1.29 is 13.2 Å². The van der Waals surface area contributed by atoms with Crippen molar-refractivity contribution in [3.05, 3.63) is 23.8 Å². The second kappa shape index (κ2) is 5.43. The van der Waals surface area contributed by atoms with Crippen LogP contribution >= 0.6 is 12.4 Å². The SMILES string of the molecule is Cl.O=S(=O)(c1ccc2c(c1)CCO2)N1C[C@H]2CNC[C@H]2C1. The number of sulfonamides is 1. The predicted octanol–water partition coefficient (Wildman–Crippen LogP) is 0.883. The van der Waals surface area contributed by atoms with Gasteiger partial charge in [0, 0.05) is 19.5 Å². The molecule has 0 aliphatic carbocycles. The van der Waals surface area contributed by atoms with Crippen LogP contribution in [0.1, 0.15) is 5.56 Å². The average molecular weight is 331 g/mol. The van der Waals surface area contributed by atoms with Crippen molar-refractivity contribution in [2.75, 3.05) is 32.8 Å². The van der Waals surface area contributed by atoms with Gasteiger partial charge in [0.25, 0.3) is 0 Å². The molecule has 7 heteroatoms. The van der Waals surface area contributed by atoms with Crippen molar-refractivity contribution in [1.82, 2.24) is 9.62 Å². The third kappa shape index (κ3) is 2.44. The maximum atomic E-state index is 12.7. The highest BCUT2D eigenvalue weighted by atomic mass is 35.5. The second-order valence-corrected chi connectivity index (χ2v) is 7.81. The number of ether oxygens (including phenoxy) is 1. The first-order chi connectivity index (χ1) is 9.64. The summed E-state index contributed by atoms with van der Waals surface area (Å²) in [5.74, 6) is 1.77. The Morgan fingerprint density at radius 2 is 1.90 bits per heavy atom. The van der Waals surface area contributed by atoms with Gasteiger partial charge < -0.3 is 10.1 Å². The summed E-state index contributed by atoms with van der Waals surface area (Å²) in [6, 6.07) is 5.24. The average Bonchev–Trinajstić information content (AvgIpc) is 3.12. The van der Waals surface area contributed by atoms with Crippen LogP contribution in [-0.4, -0.2) is 45.5 Å². The molecule has 0 radical (unpaired) electrons. The molecule has 0 saturated carbocycles. The molecule has 2 atom stereocenters. The zero-order valence-electron chi connectivity index (χ0n) is 11.6. The maximum absolute atomic E-state index is 12.7. The lowest BCUT2D eigenvalue weighted by Crippen LogP contribution is -2.32. The van der Waals surface area contributed by atoms with E-state index in [0.717, 1.165) is 30.8 Å². The van der Waals surface area contributed by atoms with Crippen LogP contribution in [0, 0.1) is 11.8 Å². The molecule has 0 unspecified atom stereocenters. The van der Waals surface area contributed by atoms with E-state index in [4.69, 9.17) is 4.74 Å². The lowest BCUT2D eigenvalue weighted by molar-refractivity contribution is 0.356. The summed E-state index contributed by atoms with van der Waals surface area (Å²) in [7, 11) is -3.35. The van der Waals surface area contributed by atoms with E-state index in [0.29, 0.717) is 36.4 Å². The minimum absolute atomic E-state index is 0. The van der Waals surface area contributed by atoms with Crippen LogP contribution in [0.3, 0.4) is 0 Å². The van der Waals surface area contributed by atoms with Gasteiger partial charge in [0.05, 0.1) is 11.5 Å². The highest BCUT2D eigenvalue weighted by Gasteiger charge is 2.41. The van der Waals surface area contributed by atoms with Crippen LogP contribution in [0.25, 0.3) is 0 Å². The standard InChI is InChI=1S/C14H18N2O3S.ClH/c17-20(18,16-8-11-6-15-7-12(11)9-16)13-1-2-14-10(5-13)3-4-19-14;/h1-2,5,11-12,15H,3-4,6-9H2;1H/t11-,12+;. The van der Waals surface area contributed by atoms with Crippen LogP contribution in [-0.2, 0) is 16.4 Å². The highest BCUT2D eigenvalue weighted by Crippen LogP contribution is 2.33. The molecule has 3 heterocycles. The molecule has 5 nitrogen and oxygen atoms in total. The van der Waals surface area contributed by atoms with Crippen molar-refractivity contribution in [2.24, 2.45) is 11.8 Å². The van der Waals surface area contributed by atoms with Crippen molar-refractivity contribution in [2.45, 2.75) is 11.3 Å². The molecule has 116 valence electrons. The Morgan fingerprint density at radius 3 is 2.62 bits per heavy atom. The van der Waals surface area contributed by atoms with E-state index in [1.165, 1.54) is 0 Å². The van der Waals surface area contributed by atoms with Gasteiger partial charge in [0.15, 0.2) is 0 Å². The highest BCUT2D eigenvalue weighted by molar-refractivity contribution is 7.89. The van der Waals surface area contributed by atoms with Crippen LogP contribution in [0.5, 0.6) is 5.75 Å². The normalized spacial score (nSPS) is 27.8. The number of halogens is 1. The Morgan fingerprint density at radius 1 is 1.19 bits per heavy atom. The number of fused-ring (bicyclic) bond motifs is 2. The van der Waals surface area contributed by atoms with Gasteiger partial charge in [-0.1, -0.05) is 0 Å². The number of hydrogen-bond donors (Lipinski definition) is 1.